The Balaban J connectivity index is 1.81. The number of ether oxygens (including phenoxy) is 11. The first-order chi connectivity index (χ1) is 27.8. The number of benzene rings is 2. The van der Waals surface area contributed by atoms with E-state index in [2.05, 4.69) is 0 Å². The lowest BCUT2D eigenvalue weighted by Crippen LogP contribution is -2.59. The molecule has 2 heterocycles. The van der Waals surface area contributed by atoms with Crippen molar-refractivity contribution in [3.05, 3.63) is 58.7 Å². The first-order valence-electron chi connectivity index (χ1n) is 18.6. The van der Waals surface area contributed by atoms with Crippen LogP contribution in [0.1, 0.15) is 89.9 Å². The van der Waals surface area contributed by atoms with E-state index in [1.54, 1.807) is 43.3 Å². The van der Waals surface area contributed by atoms with E-state index < -0.39 is 109 Å². The van der Waals surface area contributed by atoms with E-state index in [1.165, 1.54) is 41.9 Å². The molecule has 18 heteroatoms. The standard InChI is InChI=1S/C41H50O18/c1-19-34(53-21(3)43)38(55-23(5)45)39(56-24(6)46)35(52-19)29-16-27(11-13-31(29)49-9)15-28-12-14-32(50-10)30(17-28)36-40(57-25(7)47)41(58-26(8)48)37(54-22(4)44)33(59-36)18-51-20(2)42/h11-14,16-17,19,33-41H,15,18H2,1-10H3/t19-,33+,34+,35+,36-,37-,38+,39+,40-,41-/m0/s1. The van der Waals surface area contributed by atoms with E-state index in [0.717, 1.165) is 20.8 Å². The quantitative estimate of drug-likeness (QED) is 0.197. The van der Waals surface area contributed by atoms with E-state index in [9.17, 15) is 33.6 Å². The molecule has 0 N–H and O–H groups in total. The third-order valence-corrected chi connectivity index (χ3v) is 9.28. The third-order valence-electron chi connectivity index (χ3n) is 9.28. The second kappa shape index (κ2) is 20.3. The molecule has 2 fully saturated rings. The van der Waals surface area contributed by atoms with Crippen molar-refractivity contribution in [3.8, 4) is 11.5 Å². The first-order valence-corrected chi connectivity index (χ1v) is 18.6. The van der Waals surface area contributed by atoms with Crippen molar-refractivity contribution in [2.45, 2.75) is 123 Å². The van der Waals surface area contributed by atoms with Crippen molar-refractivity contribution in [2.75, 3.05) is 20.8 Å². The van der Waals surface area contributed by atoms with Crippen molar-refractivity contribution in [1.82, 2.24) is 0 Å². The van der Waals surface area contributed by atoms with E-state index in [1.807, 2.05) is 0 Å². The zero-order chi connectivity index (χ0) is 43.7. The molecular formula is C41H50O18. The number of carbonyl (C=O) groups excluding carboxylic acids is 7. The second-order valence-corrected chi connectivity index (χ2v) is 13.9. The van der Waals surface area contributed by atoms with Crippen molar-refractivity contribution in [1.29, 1.82) is 0 Å². The van der Waals surface area contributed by atoms with Crippen molar-refractivity contribution in [3.63, 3.8) is 0 Å². The Hall–Kier alpha value is -5.75. The number of methoxy groups -OCH3 is 2. The average molecular weight is 831 g/mol. The Bertz CT molecular complexity index is 1890. The van der Waals surface area contributed by atoms with Crippen molar-refractivity contribution >= 4 is 41.8 Å². The smallest absolute Gasteiger partial charge is 0.303 e. The van der Waals surface area contributed by atoms with Gasteiger partial charge in [-0.1, -0.05) is 12.1 Å². The van der Waals surface area contributed by atoms with Crippen LogP contribution in [0, 0.1) is 0 Å². The summed E-state index contributed by atoms with van der Waals surface area (Å²) in [6.07, 6.45) is -11.8. The highest BCUT2D eigenvalue weighted by molar-refractivity contribution is 5.70. The molecule has 0 saturated carbocycles. The van der Waals surface area contributed by atoms with Gasteiger partial charge in [-0.15, -0.1) is 0 Å². The number of hydrogen-bond donors (Lipinski definition) is 0. The topological polar surface area (TPSA) is 221 Å². The van der Waals surface area contributed by atoms with Crippen molar-refractivity contribution in [2.24, 2.45) is 0 Å². The lowest BCUT2D eigenvalue weighted by atomic mass is 9.88. The molecule has 2 aromatic rings. The van der Waals surface area contributed by atoms with Crippen LogP contribution in [-0.4, -0.2) is 111 Å². The predicted molar refractivity (Wildman–Crippen MR) is 200 cm³/mol. The highest BCUT2D eigenvalue weighted by Gasteiger charge is 2.54. The summed E-state index contributed by atoms with van der Waals surface area (Å²) >= 11 is 0. The molecule has 0 aromatic heterocycles. The molecule has 59 heavy (non-hydrogen) atoms. The number of hydrogen-bond acceptors (Lipinski definition) is 18. The number of esters is 7. The molecule has 322 valence electrons. The summed E-state index contributed by atoms with van der Waals surface area (Å²) in [6, 6.07) is 10.4. The average Bonchev–Trinajstić information content (AvgIpc) is 3.13. The van der Waals surface area contributed by atoms with Crippen LogP contribution in [0.3, 0.4) is 0 Å². The molecule has 2 aliphatic rings. The summed E-state index contributed by atoms with van der Waals surface area (Å²) in [7, 11) is 2.86. The van der Waals surface area contributed by atoms with E-state index in [0.29, 0.717) is 28.0 Å². The minimum Gasteiger partial charge on any atom is -0.496 e. The number of rotatable bonds is 14. The number of carbonyl (C=O) groups is 7. The Kier molecular flexibility index (Phi) is 15.8. The van der Waals surface area contributed by atoms with Crippen LogP contribution in [0.2, 0.25) is 0 Å². The highest BCUT2D eigenvalue weighted by atomic mass is 16.7. The zero-order valence-corrected chi connectivity index (χ0v) is 34.5. The molecule has 10 atom stereocenters. The van der Waals surface area contributed by atoms with Crippen LogP contribution in [0.25, 0.3) is 0 Å². The minimum atomic E-state index is -1.41. The second-order valence-electron chi connectivity index (χ2n) is 13.9. The van der Waals surface area contributed by atoms with Gasteiger partial charge in [0.2, 0.25) is 0 Å². The largest absolute Gasteiger partial charge is 0.496 e. The fourth-order valence-corrected chi connectivity index (χ4v) is 7.21. The molecule has 4 rings (SSSR count). The lowest BCUT2D eigenvalue weighted by Gasteiger charge is -2.44. The molecule has 0 unspecified atom stereocenters. The minimum absolute atomic E-state index is 0.239. The maximum atomic E-state index is 12.5. The van der Waals surface area contributed by atoms with Crippen LogP contribution in [0.15, 0.2) is 36.4 Å². The van der Waals surface area contributed by atoms with Gasteiger partial charge in [-0.2, -0.15) is 0 Å². The Morgan fingerprint density at radius 1 is 0.492 bits per heavy atom. The predicted octanol–water partition coefficient (Wildman–Crippen LogP) is 3.35. The van der Waals surface area contributed by atoms with Gasteiger partial charge in [0.1, 0.15) is 36.4 Å². The molecule has 2 aromatic carbocycles. The van der Waals surface area contributed by atoms with Gasteiger partial charge in [0.25, 0.3) is 0 Å². The fraction of sp³-hybridized carbons (Fsp3) is 0.537. The van der Waals surface area contributed by atoms with Gasteiger partial charge in [0.15, 0.2) is 36.6 Å². The first kappa shape index (κ1) is 45.9. The van der Waals surface area contributed by atoms with Crippen LogP contribution in [0.4, 0.5) is 0 Å². The molecule has 0 radical (unpaired) electrons. The molecule has 0 bridgehead atoms. The summed E-state index contributed by atoms with van der Waals surface area (Å²) in [5, 5.41) is 0. The van der Waals surface area contributed by atoms with Gasteiger partial charge in [-0.25, -0.2) is 0 Å². The summed E-state index contributed by atoms with van der Waals surface area (Å²) < 4.78 is 63.1. The molecule has 18 nitrogen and oxygen atoms in total. The molecule has 0 amide bonds. The van der Waals surface area contributed by atoms with E-state index in [4.69, 9.17) is 52.1 Å². The molecule has 0 spiro atoms. The lowest BCUT2D eigenvalue weighted by molar-refractivity contribution is -0.254. The zero-order valence-electron chi connectivity index (χ0n) is 34.5. The van der Waals surface area contributed by atoms with Crippen LogP contribution in [0.5, 0.6) is 11.5 Å². The maximum absolute atomic E-state index is 12.5. The van der Waals surface area contributed by atoms with E-state index >= 15 is 0 Å². The molecule has 2 saturated heterocycles. The van der Waals surface area contributed by atoms with Gasteiger partial charge < -0.3 is 52.1 Å². The van der Waals surface area contributed by atoms with Gasteiger partial charge in [0, 0.05) is 59.6 Å². The Morgan fingerprint density at radius 2 is 0.864 bits per heavy atom. The normalized spacial score (nSPS) is 26.3. The fourth-order valence-electron chi connectivity index (χ4n) is 7.21. The van der Waals surface area contributed by atoms with Gasteiger partial charge in [0.05, 0.1) is 20.3 Å². The molecule has 0 aliphatic carbocycles. The Labute approximate surface area is 340 Å². The highest BCUT2D eigenvalue weighted by Crippen LogP contribution is 2.43. The Morgan fingerprint density at radius 3 is 1.27 bits per heavy atom. The van der Waals surface area contributed by atoms with Crippen molar-refractivity contribution < 1.29 is 85.7 Å². The monoisotopic (exact) mass is 830 g/mol. The van der Waals surface area contributed by atoms with Crippen LogP contribution in [-0.2, 0) is 82.6 Å². The SMILES string of the molecule is COc1ccc(Cc2ccc(OC)c([C@@H]3O[C@H](COC(C)=O)[C@H](OC(C)=O)[C@H](OC(C)=O)[C@H]3OC(C)=O)c2)cc1[C@H]1O[C@@H](C)[C@@H](OC(C)=O)[C@@H](OC(C)=O)[C@@H]1OC(C)=O. The summed E-state index contributed by atoms with van der Waals surface area (Å²) in [5.41, 5.74) is 2.14. The van der Waals surface area contributed by atoms with Gasteiger partial charge in [-0.05, 0) is 48.7 Å². The summed E-state index contributed by atoms with van der Waals surface area (Å²) in [6.45, 7) is 9.36. The molecule has 2 aliphatic heterocycles. The summed E-state index contributed by atoms with van der Waals surface area (Å²) in [4.78, 5) is 85.9. The maximum Gasteiger partial charge on any atom is 0.303 e. The third kappa shape index (κ3) is 11.9. The van der Waals surface area contributed by atoms with E-state index in [-0.39, 0.29) is 12.2 Å². The summed E-state index contributed by atoms with van der Waals surface area (Å²) in [5.74, 6) is -4.39. The van der Waals surface area contributed by atoms with Gasteiger partial charge >= 0.3 is 41.8 Å². The van der Waals surface area contributed by atoms with Gasteiger partial charge in [-0.3, -0.25) is 33.6 Å². The molecular weight excluding hydrogens is 780 g/mol. The van der Waals surface area contributed by atoms with Crippen LogP contribution >= 0.6 is 0 Å². The van der Waals surface area contributed by atoms with Crippen LogP contribution < -0.4 is 9.47 Å².